The normalized spacial score (nSPS) is 17.1. The maximum atomic E-state index is 6.57. The molecule has 1 N–H and O–H groups in total. The van der Waals surface area contributed by atoms with Crippen molar-refractivity contribution in [1.29, 1.82) is 0 Å². The van der Waals surface area contributed by atoms with Crippen LogP contribution in [0.2, 0.25) is 9.88 Å². The zero-order chi connectivity index (χ0) is 16.3. The van der Waals surface area contributed by atoms with Gasteiger partial charge in [0, 0.05) is 0 Å². The van der Waals surface area contributed by atoms with E-state index in [-0.39, 0.29) is 5.50 Å². The van der Waals surface area contributed by atoms with E-state index in [0.717, 1.165) is 30.7 Å². The molecule has 1 aromatic rings. The first-order valence-corrected chi connectivity index (χ1v) is 15.7. The van der Waals surface area contributed by atoms with Crippen LogP contribution in [0.15, 0.2) is 33.3 Å². The molecule has 0 spiro atoms. The first-order chi connectivity index (χ1) is 10.5. The molecular formula is C18H29BNOSn+. The molecule has 1 aromatic carbocycles. The van der Waals surface area contributed by atoms with Crippen LogP contribution in [0.3, 0.4) is 0 Å². The van der Waals surface area contributed by atoms with E-state index < -0.39 is 19.8 Å². The van der Waals surface area contributed by atoms with Gasteiger partial charge in [0.25, 0.3) is 0 Å². The van der Waals surface area contributed by atoms with Gasteiger partial charge >= 0.3 is 144 Å². The zero-order valence-corrected chi connectivity index (χ0v) is 17.8. The molecule has 2 rings (SSSR count). The Morgan fingerprint density at radius 2 is 1.82 bits per heavy atom. The fourth-order valence-electron chi connectivity index (χ4n) is 3.45. The molecule has 0 fully saturated rings. The molecule has 2 nitrogen and oxygen atoms in total. The number of fused-ring (bicyclic) bond motifs is 1. The number of allylic oxidation sites excluding steroid dienone is 2. The summed E-state index contributed by atoms with van der Waals surface area (Å²) in [5.74, 6) is 1.00. The number of hydrogen-bond acceptors (Lipinski definition) is 2. The summed E-state index contributed by atoms with van der Waals surface area (Å²) in [5.41, 5.74) is 2.61. The van der Waals surface area contributed by atoms with E-state index in [1.54, 1.807) is 9.06 Å². The number of rotatable bonds is 5. The summed E-state index contributed by atoms with van der Waals surface area (Å²) < 4.78 is 8.26. The van der Waals surface area contributed by atoms with Crippen molar-refractivity contribution in [2.45, 2.75) is 62.3 Å². The molecule has 0 radical (unpaired) electrons. The summed E-state index contributed by atoms with van der Waals surface area (Å²) in [7, 11) is 0. The third-order valence-corrected chi connectivity index (χ3v) is 10.4. The van der Waals surface area contributed by atoms with Crippen LogP contribution in [0.1, 0.15) is 47.0 Å². The van der Waals surface area contributed by atoms with Crippen LogP contribution in [-0.2, 0) is 0 Å². The molecule has 4 heteroatoms. The van der Waals surface area contributed by atoms with Crippen LogP contribution in [-0.4, -0.2) is 32.1 Å². The standard InChI is InChI=1S/C16H23BNO.2CH3.Sn/c1-5-13(6-2)17-16(7-3,8-4)19-15-12-10-9-11-14(15)18-17;;;/h9-12,18H,5,7-8H2,1-4H3;2*1H3;/q;;;+1. The third-order valence-electron chi connectivity index (χ3n) is 5.18. The van der Waals surface area contributed by atoms with Gasteiger partial charge < -0.3 is 0 Å². The second kappa shape index (κ2) is 7.33. The van der Waals surface area contributed by atoms with Gasteiger partial charge in [0.1, 0.15) is 0 Å². The van der Waals surface area contributed by atoms with Gasteiger partial charge in [-0.1, -0.05) is 0 Å². The predicted octanol–water partition coefficient (Wildman–Crippen LogP) is 5.14. The number of benzene rings is 1. The molecule has 0 aliphatic carbocycles. The van der Waals surface area contributed by atoms with Gasteiger partial charge in [-0.15, -0.1) is 0 Å². The Kier molecular flexibility index (Phi) is 5.92. The Balaban J connectivity index is 2.54. The van der Waals surface area contributed by atoms with Crippen molar-refractivity contribution >= 4 is 32.3 Å². The van der Waals surface area contributed by atoms with Crippen LogP contribution < -0.4 is 9.96 Å². The Bertz CT molecular complexity index is 552. The Hall–Kier alpha value is -0.576. The molecule has 0 amide bonds. The number of nitrogens with one attached hydrogen (secondary N) is 1. The number of hydrogen-bond donors (Lipinski definition) is 1. The first kappa shape index (κ1) is 17.8. The fraction of sp³-hybridized carbons (Fsp3) is 0.556. The fourth-order valence-corrected chi connectivity index (χ4v) is 6.20. The van der Waals surface area contributed by atoms with Crippen molar-refractivity contribution in [3.8, 4) is 5.75 Å². The van der Waals surface area contributed by atoms with Crippen LogP contribution in [0.5, 0.6) is 5.75 Å². The molecule has 118 valence electrons. The molecule has 0 bridgehead atoms. The summed E-state index contributed by atoms with van der Waals surface area (Å²) >= 11 is -1.36. The average Bonchev–Trinajstić information content (AvgIpc) is 2.54. The quantitative estimate of drug-likeness (QED) is 0.686. The average molecular weight is 405 g/mol. The Morgan fingerprint density at radius 1 is 1.18 bits per heavy atom. The minimum absolute atomic E-state index is 0.125. The topological polar surface area (TPSA) is 21.3 Å². The molecule has 0 saturated carbocycles. The van der Waals surface area contributed by atoms with Crippen molar-refractivity contribution in [2.24, 2.45) is 0 Å². The minimum atomic E-state index is -1.36. The van der Waals surface area contributed by atoms with Crippen LogP contribution in [0, 0.1) is 0 Å². The van der Waals surface area contributed by atoms with E-state index in [9.17, 15) is 0 Å². The summed E-state index contributed by atoms with van der Waals surface area (Å²) in [6, 6.07) is 8.36. The molecule has 22 heavy (non-hydrogen) atoms. The number of anilines is 1. The maximum absolute atomic E-state index is 6.57. The van der Waals surface area contributed by atoms with E-state index in [1.807, 2.05) is 0 Å². The van der Waals surface area contributed by atoms with Gasteiger partial charge in [-0.05, 0) is 0 Å². The molecule has 0 aromatic heterocycles. The monoisotopic (exact) mass is 406 g/mol. The Morgan fingerprint density at radius 3 is 2.36 bits per heavy atom. The van der Waals surface area contributed by atoms with E-state index in [0.29, 0.717) is 6.85 Å². The molecule has 0 unspecified atom stereocenters. The van der Waals surface area contributed by atoms with E-state index in [4.69, 9.17) is 4.74 Å². The number of para-hydroxylation sites is 2. The molecule has 0 atom stereocenters. The molecule has 1 heterocycles. The van der Waals surface area contributed by atoms with Crippen molar-refractivity contribution in [2.75, 3.05) is 5.23 Å². The second-order valence-corrected chi connectivity index (χ2v) is 14.3. The summed E-state index contributed by atoms with van der Waals surface area (Å²) in [6.07, 6.45) is 3.17. The zero-order valence-electron chi connectivity index (χ0n) is 14.9. The van der Waals surface area contributed by atoms with Crippen LogP contribution >= 0.6 is 0 Å². The van der Waals surface area contributed by atoms with Gasteiger partial charge in [0.2, 0.25) is 0 Å². The van der Waals surface area contributed by atoms with Gasteiger partial charge in [-0.25, -0.2) is 0 Å². The van der Waals surface area contributed by atoms with E-state index in [2.05, 4.69) is 67.1 Å². The van der Waals surface area contributed by atoms with Gasteiger partial charge in [-0.2, -0.15) is 0 Å². The predicted molar refractivity (Wildman–Crippen MR) is 100 cm³/mol. The summed E-state index contributed by atoms with van der Waals surface area (Å²) in [6.45, 7) is 9.48. The van der Waals surface area contributed by atoms with Gasteiger partial charge in [0.05, 0.1) is 0 Å². The third kappa shape index (κ3) is 3.20. The summed E-state index contributed by atoms with van der Waals surface area (Å²) in [5, 5.41) is 3.83. The van der Waals surface area contributed by atoms with Crippen molar-refractivity contribution in [3.63, 3.8) is 0 Å². The SMILES string of the molecule is CC/C(B1Nc2ccccc2OC1(CC)CC)=[C](\C)[Sn+]([CH3])[CH3]. The second-order valence-electron chi connectivity index (χ2n) is 6.45. The number of ether oxygens (including phenoxy) is 1. The van der Waals surface area contributed by atoms with E-state index in [1.165, 1.54) is 0 Å². The molecular weight excluding hydrogens is 376 g/mol. The molecule has 1 aliphatic heterocycles. The van der Waals surface area contributed by atoms with Crippen molar-refractivity contribution < 1.29 is 4.74 Å². The molecule has 1 aliphatic rings. The van der Waals surface area contributed by atoms with Crippen LogP contribution in [0.25, 0.3) is 0 Å². The van der Waals surface area contributed by atoms with E-state index >= 15 is 0 Å². The first-order valence-electron chi connectivity index (χ1n) is 8.53. The Labute approximate surface area is 143 Å². The van der Waals surface area contributed by atoms with Crippen molar-refractivity contribution in [1.82, 2.24) is 0 Å². The van der Waals surface area contributed by atoms with Crippen LogP contribution in [0.4, 0.5) is 5.69 Å². The van der Waals surface area contributed by atoms with Crippen molar-refractivity contribution in [3.05, 3.63) is 33.3 Å². The molecule has 0 saturated heterocycles. The van der Waals surface area contributed by atoms with Gasteiger partial charge in [-0.3, -0.25) is 0 Å². The summed E-state index contributed by atoms with van der Waals surface area (Å²) in [4.78, 5) is 4.95. The van der Waals surface area contributed by atoms with Gasteiger partial charge in [0.15, 0.2) is 0 Å².